The number of hydrogen-bond donors (Lipinski definition) is 1. The summed E-state index contributed by atoms with van der Waals surface area (Å²) in [4.78, 5) is 14.7. The van der Waals surface area contributed by atoms with Crippen LogP contribution in [0.3, 0.4) is 0 Å². The molecule has 0 aromatic carbocycles. The minimum atomic E-state index is -0.392. The van der Waals surface area contributed by atoms with Gasteiger partial charge in [-0.1, -0.05) is 13.3 Å². The lowest BCUT2D eigenvalue weighted by Crippen LogP contribution is -2.45. The van der Waals surface area contributed by atoms with Gasteiger partial charge in [0.05, 0.1) is 6.54 Å². The monoisotopic (exact) mass is 283 g/mol. The van der Waals surface area contributed by atoms with Gasteiger partial charge in [0.1, 0.15) is 5.78 Å². The van der Waals surface area contributed by atoms with Gasteiger partial charge in [0.2, 0.25) is 0 Å². The van der Waals surface area contributed by atoms with E-state index in [1.54, 1.807) is 0 Å². The molecule has 1 aliphatic heterocycles. The summed E-state index contributed by atoms with van der Waals surface area (Å²) in [5.74, 6) is 0.945. The number of Topliss-reactive ketones (excluding diaryl/α,β-unsaturated/α-hetero) is 1. The highest BCUT2D eigenvalue weighted by atomic mass is 16.8. The van der Waals surface area contributed by atoms with Crippen molar-refractivity contribution in [2.75, 3.05) is 13.1 Å². The second-order valence-electron chi connectivity index (χ2n) is 6.74. The van der Waals surface area contributed by atoms with Gasteiger partial charge in [0.15, 0.2) is 0 Å². The second kappa shape index (κ2) is 6.98. The van der Waals surface area contributed by atoms with Crippen molar-refractivity contribution in [2.45, 2.75) is 64.5 Å². The van der Waals surface area contributed by atoms with Crippen molar-refractivity contribution in [3.8, 4) is 0 Å². The number of hydrogen-bond acceptors (Lipinski definition) is 5. The first-order chi connectivity index (χ1) is 9.47. The summed E-state index contributed by atoms with van der Waals surface area (Å²) >= 11 is 0. The molecule has 0 radical (unpaired) electrons. The van der Waals surface area contributed by atoms with Gasteiger partial charge >= 0.3 is 0 Å². The number of hydroxylamine groups is 2. The summed E-state index contributed by atoms with van der Waals surface area (Å²) in [7, 11) is 0. The zero-order chi connectivity index (χ0) is 14.7. The van der Waals surface area contributed by atoms with Crippen molar-refractivity contribution in [2.24, 2.45) is 11.8 Å². The summed E-state index contributed by atoms with van der Waals surface area (Å²) in [5, 5.41) is 20.1. The quantitative estimate of drug-likeness (QED) is 0.803. The number of piperidine rings is 1. The Balaban J connectivity index is 1.85. The molecule has 0 spiro atoms. The molecule has 2 fully saturated rings. The van der Waals surface area contributed by atoms with E-state index in [2.05, 4.69) is 18.7 Å². The van der Waals surface area contributed by atoms with Gasteiger partial charge in [-0.25, -0.2) is 0 Å². The van der Waals surface area contributed by atoms with Gasteiger partial charge in [-0.2, -0.15) is 0 Å². The van der Waals surface area contributed by atoms with Crippen LogP contribution in [-0.2, 0) is 4.79 Å². The molecule has 0 aromatic rings. The first-order valence-electron chi connectivity index (χ1n) is 7.89. The Morgan fingerprint density at radius 3 is 2.70 bits per heavy atom. The summed E-state index contributed by atoms with van der Waals surface area (Å²) < 4.78 is 0. The third-order valence-corrected chi connectivity index (χ3v) is 5.05. The molecule has 2 aliphatic rings. The molecule has 0 bridgehead atoms. The maximum atomic E-state index is 12.4. The Labute approximate surface area is 121 Å². The van der Waals surface area contributed by atoms with E-state index in [0.29, 0.717) is 25.4 Å². The van der Waals surface area contributed by atoms with Gasteiger partial charge in [0.25, 0.3) is 0 Å². The first-order valence-corrected chi connectivity index (χ1v) is 7.89. The van der Waals surface area contributed by atoms with E-state index in [1.807, 2.05) is 0 Å². The average molecular weight is 283 g/mol. The van der Waals surface area contributed by atoms with E-state index in [1.165, 1.54) is 0 Å². The van der Waals surface area contributed by atoms with Crippen molar-refractivity contribution < 1.29 is 10.0 Å². The maximum absolute atomic E-state index is 12.4. The molecule has 1 N–H and O–H groups in total. The predicted octanol–water partition coefficient (Wildman–Crippen LogP) is 2.42. The van der Waals surface area contributed by atoms with Crippen LogP contribution in [0.4, 0.5) is 0 Å². The molecule has 1 saturated carbocycles. The normalized spacial score (nSPS) is 36.2. The van der Waals surface area contributed by atoms with E-state index in [4.69, 9.17) is 5.21 Å². The minimum Gasteiger partial charge on any atom is -0.762 e. The molecule has 1 heterocycles. The fourth-order valence-electron chi connectivity index (χ4n) is 3.68. The molecule has 1 aliphatic carbocycles. The maximum Gasteiger partial charge on any atom is 0.149 e. The second-order valence-corrected chi connectivity index (χ2v) is 6.74. The van der Waals surface area contributed by atoms with E-state index in [0.717, 1.165) is 38.1 Å². The number of carbonyl (C=O) groups is 1. The van der Waals surface area contributed by atoms with Crippen LogP contribution >= 0.6 is 0 Å². The van der Waals surface area contributed by atoms with Crippen molar-refractivity contribution >= 4 is 5.78 Å². The zero-order valence-electron chi connectivity index (χ0n) is 12.6. The van der Waals surface area contributed by atoms with Gasteiger partial charge in [-0.05, 0) is 51.5 Å². The standard InChI is InChI=1S/C15H27N2O3/c1-11-6-7-16(12(2)8-11)10-15(18)13-4-3-5-14(9-13)17(19)20/h11-14,19H,3-10H2,1-2H3/q-1. The molecule has 5 heteroatoms. The summed E-state index contributed by atoms with van der Waals surface area (Å²) in [5.41, 5.74) is 0. The van der Waals surface area contributed by atoms with Crippen molar-refractivity contribution in [3.63, 3.8) is 0 Å². The Hall–Kier alpha value is -0.490. The van der Waals surface area contributed by atoms with E-state index >= 15 is 0 Å². The third kappa shape index (κ3) is 4.01. The zero-order valence-corrected chi connectivity index (χ0v) is 12.6. The van der Waals surface area contributed by atoms with Gasteiger partial charge < -0.3 is 10.4 Å². The number of ketones is 1. The molecule has 0 amide bonds. The van der Waals surface area contributed by atoms with Crippen LogP contribution in [0.5, 0.6) is 0 Å². The fourth-order valence-corrected chi connectivity index (χ4v) is 3.68. The Morgan fingerprint density at radius 2 is 2.05 bits per heavy atom. The first kappa shape index (κ1) is 15.9. The van der Waals surface area contributed by atoms with Crippen LogP contribution in [0, 0.1) is 17.0 Å². The molecule has 0 aromatic heterocycles. The predicted molar refractivity (Wildman–Crippen MR) is 77.2 cm³/mol. The van der Waals surface area contributed by atoms with Crippen molar-refractivity contribution in [3.05, 3.63) is 5.21 Å². The molecular weight excluding hydrogens is 256 g/mol. The van der Waals surface area contributed by atoms with Crippen molar-refractivity contribution in [1.29, 1.82) is 0 Å². The Kier molecular flexibility index (Phi) is 5.55. The van der Waals surface area contributed by atoms with Crippen LogP contribution in [0.2, 0.25) is 0 Å². The van der Waals surface area contributed by atoms with Gasteiger partial charge in [-0.15, -0.1) is 0 Å². The molecular formula is C15H27N2O3-. The molecule has 5 nitrogen and oxygen atoms in total. The molecule has 20 heavy (non-hydrogen) atoms. The molecule has 4 atom stereocenters. The van der Waals surface area contributed by atoms with E-state index in [9.17, 15) is 10.0 Å². The number of carbonyl (C=O) groups excluding carboxylic acids is 1. The molecule has 116 valence electrons. The van der Waals surface area contributed by atoms with E-state index in [-0.39, 0.29) is 16.9 Å². The number of nitrogens with zero attached hydrogens (tertiary/aromatic N) is 2. The number of rotatable bonds is 4. The van der Waals surface area contributed by atoms with E-state index < -0.39 is 6.04 Å². The Bertz CT molecular complexity index is 335. The van der Waals surface area contributed by atoms with Crippen molar-refractivity contribution in [1.82, 2.24) is 10.1 Å². The minimum absolute atomic E-state index is 0.0463. The molecule has 4 unspecified atom stereocenters. The molecule has 1 saturated heterocycles. The third-order valence-electron chi connectivity index (χ3n) is 5.05. The summed E-state index contributed by atoms with van der Waals surface area (Å²) in [6.07, 6.45) is 5.25. The average Bonchev–Trinajstić information content (AvgIpc) is 2.42. The fraction of sp³-hybridized carbons (Fsp3) is 0.933. The highest BCUT2D eigenvalue weighted by Gasteiger charge is 2.31. The highest BCUT2D eigenvalue weighted by Crippen LogP contribution is 2.29. The SMILES string of the molecule is CC1CCN(CC(=O)C2CCCC(N([O-])O)C2)C(C)C1. The lowest BCUT2D eigenvalue weighted by Gasteiger charge is -2.39. The van der Waals surface area contributed by atoms with Gasteiger partial charge in [0, 0.05) is 18.0 Å². The van der Waals surface area contributed by atoms with Crippen LogP contribution < -0.4 is 0 Å². The molecule has 2 rings (SSSR count). The lowest BCUT2D eigenvalue weighted by molar-refractivity contribution is -0.130. The highest BCUT2D eigenvalue weighted by molar-refractivity contribution is 5.83. The van der Waals surface area contributed by atoms with Crippen LogP contribution in [0.15, 0.2) is 0 Å². The lowest BCUT2D eigenvalue weighted by atomic mass is 9.82. The smallest absolute Gasteiger partial charge is 0.149 e. The number of likely N-dealkylation sites (tertiary alicyclic amines) is 1. The van der Waals surface area contributed by atoms with Crippen LogP contribution in [0.25, 0.3) is 0 Å². The summed E-state index contributed by atoms with van der Waals surface area (Å²) in [6.45, 7) is 5.97. The summed E-state index contributed by atoms with van der Waals surface area (Å²) in [6, 6.07) is 0.0763. The van der Waals surface area contributed by atoms with Crippen LogP contribution in [0.1, 0.15) is 52.4 Å². The van der Waals surface area contributed by atoms with Gasteiger partial charge in [-0.3, -0.25) is 14.9 Å². The topological polar surface area (TPSA) is 66.8 Å². The van der Waals surface area contributed by atoms with Crippen LogP contribution in [-0.4, -0.2) is 46.3 Å². The largest absolute Gasteiger partial charge is 0.762 e. The Morgan fingerprint density at radius 1 is 1.30 bits per heavy atom.